The van der Waals surface area contributed by atoms with Gasteiger partial charge in [0.1, 0.15) is 12.2 Å². The van der Waals surface area contributed by atoms with Crippen molar-refractivity contribution in [1.29, 1.82) is 0 Å². The molecule has 0 saturated carbocycles. The van der Waals surface area contributed by atoms with E-state index in [1.54, 1.807) is 13.4 Å². The topological polar surface area (TPSA) is 71.9 Å². The maximum Gasteiger partial charge on any atom is 0.141 e. The monoisotopic (exact) mass is 276 g/mol. The summed E-state index contributed by atoms with van der Waals surface area (Å²) in [4.78, 5) is 6.67. The largest absolute Gasteiger partial charge is 0.380 e. The van der Waals surface area contributed by atoms with Crippen LogP contribution in [0.4, 0.5) is 0 Å². The molecule has 1 aliphatic rings. The zero-order valence-corrected chi connectivity index (χ0v) is 11.9. The Morgan fingerprint density at radius 1 is 1.45 bits per heavy atom. The molecule has 1 fully saturated rings. The number of hydrogen-bond donors (Lipinski definition) is 1. The Morgan fingerprint density at radius 3 is 3.00 bits per heavy atom. The van der Waals surface area contributed by atoms with E-state index in [2.05, 4.69) is 38.3 Å². The fourth-order valence-corrected chi connectivity index (χ4v) is 2.76. The summed E-state index contributed by atoms with van der Waals surface area (Å²) in [5, 5.41) is 11.3. The Kier molecular flexibility index (Phi) is 3.79. The highest BCUT2D eigenvalue weighted by molar-refractivity contribution is 5.01. The van der Waals surface area contributed by atoms with Gasteiger partial charge in [-0.1, -0.05) is 0 Å². The molecule has 0 unspecified atom stereocenters. The third-order valence-corrected chi connectivity index (χ3v) is 3.83. The van der Waals surface area contributed by atoms with Crippen molar-refractivity contribution in [1.82, 2.24) is 29.9 Å². The van der Waals surface area contributed by atoms with Gasteiger partial charge in [-0.05, 0) is 18.9 Å². The van der Waals surface area contributed by atoms with Gasteiger partial charge in [-0.25, -0.2) is 4.98 Å². The molecule has 0 amide bonds. The minimum absolute atomic E-state index is 0.249. The predicted octanol–water partition coefficient (Wildman–Crippen LogP) is 0.772. The Morgan fingerprint density at radius 2 is 2.35 bits per heavy atom. The second-order valence-corrected chi connectivity index (χ2v) is 5.26. The van der Waals surface area contributed by atoms with E-state index in [-0.39, 0.29) is 12.1 Å². The van der Waals surface area contributed by atoms with Crippen LogP contribution in [0.5, 0.6) is 0 Å². The van der Waals surface area contributed by atoms with E-state index in [0.717, 1.165) is 31.9 Å². The Hall–Kier alpha value is -1.73. The lowest BCUT2D eigenvalue weighted by molar-refractivity contribution is 0.107. The van der Waals surface area contributed by atoms with Gasteiger partial charge in [0.2, 0.25) is 0 Å². The summed E-state index contributed by atoms with van der Waals surface area (Å²) in [5.74, 6) is 0.918. The normalized spacial score (nSPS) is 23.5. The first-order valence-corrected chi connectivity index (χ1v) is 6.87. The maximum atomic E-state index is 5.50. The van der Waals surface area contributed by atoms with Crippen molar-refractivity contribution in [2.45, 2.75) is 32.0 Å². The molecule has 1 aliphatic heterocycles. The molecule has 20 heavy (non-hydrogen) atoms. The summed E-state index contributed by atoms with van der Waals surface area (Å²) in [5.41, 5.74) is 1.19. The number of aromatic nitrogens is 5. The summed E-state index contributed by atoms with van der Waals surface area (Å²) in [7, 11) is 1.77. The molecule has 0 spiro atoms. The fraction of sp³-hybridized carbons (Fsp3) is 0.615. The third kappa shape index (κ3) is 2.73. The van der Waals surface area contributed by atoms with Gasteiger partial charge in [0.25, 0.3) is 0 Å². The molecule has 0 bridgehead atoms. The Bertz CT molecular complexity index is 537. The molecule has 1 N–H and O–H groups in total. The first-order chi connectivity index (χ1) is 9.76. The number of nitrogens with one attached hydrogen (secondary N) is 1. The SMILES string of the molecule is CO[C@@H]1C[C@@H](c2ncn[nH]2)N(CCn2cc(C)cn2)C1. The lowest BCUT2D eigenvalue weighted by atomic mass is 10.2. The molecule has 3 rings (SSSR count). The zero-order chi connectivity index (χ0) is 13.9. The number of methoxy groups -OCH3 is 1. The van der Waals surface area contributed by atoms with Gasteiger partial charge < -0.3 is 4.74 Å². The number of aryl methyl sites for hydroxylation is 1. The minimum atomic E-state index is 0.249. The average Bonchev–Trinajstić information content (AvgIpc) is 3.16. The van der Waals surface area contributed by atoms with Crippen LogP contribution in [0.25, 0.3) is 0 Å². The molecule has 7 nitrogen and oxygen atoms in total. The summed E-state index contributed by atoms with van der Waals surface area (Å²) in [6, 6.07) is 0.249. The van der Waals surface area contributed by atoms with Crippen LogP contribution in [0.2, 0.25) is 0 Å². The van der Waals surface area contributed by atoms with E-state index < -0.39 is 0 Å². The summed E-state index contributed by atoms with van der Waals surface area (Å²) >= 11 is 0. The molecule has 0 aliphatic carbocycles. The predicted molar refractivity (Wildman–Crippen MR) is 73.1 cm³/mol. The average molecular weight is 276 g/mol. The maximum absolute atomic E-state index is 5.50. The van der Waals surface area contributed by atoms with Crippen molar-refractivity contribution in [3.8, 4) is 0 Å². The Labute approximate surface area is 117 Å². The highest BCUT2D eigenvalue weighted by atomic mass is 16.5. The van der Waals surface area contributed by atoms with Crippen molar-refractivity contribution in [2.24, 2.45) is 0 Å². The number of ether oxygens (including phenoxy) is 1. The van der Waals surface area contributed by atoms with Crippen LogP contribution in [0.3, 0.4) is 0 Å². The lowest BCUT2D eigenvalue weighted by Gasteiger charge is -2.21. The van der Waals surface area contributed by atoms with Gasteiger partial charge in [-0.2, -0.15) is 10.2 Å². The van der Waals surface area contributed by atoms with Crippen molar-refractivity contribution in [3.63, 3.8) is 0 Å². The number of rotatable bonds is 5. The zero-order valence-electron chi connectivity index (χ0n) is 11.9. The summed E-state index contributed by atoms with van der Waals surface area (Å²) in [6.45, 7) is 4.76. The fourth-order valence-electron chi connectivity index (χ4n) is 2.76. The quantitative estimate of drug-likeness (QED) is 0.873. The molecule has 1 saturated heterocycles. The van der Waals surface area contributed by atoms with Crippen LogP contribution >= 0.6 is 0 Å². The summed E-state index contributed by atoms with van der Waals surface area (Å²) < 4.78 is 7.48. The second-order valence-electron chi connectivity index (χ2n) is 5.26. The van der Waals surface area contributed by atoms with Gasteiger partial charge in [0, 0.05) is 26.4 Å². The van der Waals surface area contributed by atoms with Crippen LogP contribution in [-0.2, 0) is 11.3 Å². The molecule has 108 valence electrons. The molecule has 3 heterocycles. The van der Waals surface area contributed by atoms with Crippen LogP contribution in [-0.4, -0.2) is 56.2 Å². The first-order valence-electron chi connectivity index (χ1n) is 6.87. The minimum Gasteiger partial charge on any atom is -0.380 e. The van der Waals surface area contributed by atoms with E-state index in [4.69, 9.17) is 4.74 Å². The molecule has 0 aromatic carbocycles. The molecule has 7 heteroatoms. The van der Waals surface area contributed by atoms with E-state index in [0.29, 0.717) is 0 Å². The van der Waals surface area contributed by atoms with Crippen molar-refractivity contribution >= 4 is 0 Å². The van der Waals surface area contributed by atoms with Crippen molar-refractivity contribution < 1.29 is 4.74 Å². The summed E-state index contributed by atoms with van der Waals surface area (Å²) in [6.07, 6.45) is 6.71. The van der Waals surface area contributed by atoms with Crippen LogP contribution < -0.4 is 0 Å². The van der Waals surface area contributed by atoms with Crippen molar-refractivity contribution in [2.75, 3.05) is 20.2 Å². The van der Waals surface area contributed by atoms with Crippen LogP contribution in [0.15, 0.2) is 18.7 Å². The van der Waals surface area contributed by atoms with Gasteiger partial charge in [0.15, 0.2) is 0 Å². The van der Waals surface area contributed by atoms with E-state index >= 15 is 0 Å². The molecule has 2 aromatic rings. The lowest BCUT2D eigenvalue weighted by Crippen LogP contribution is -2.29. The van der Waals surface area contributed by atoms with Crippen molar-refractivity contribution in [3.05, 3.63) is 30.1 Å². The van der Waals surface area contributed by atoms with E-state index in [9.17, 15) is 0 Å². The van der Waals surface area contributed by atoms with Crippen LogP contribution in [0, 0.1) is 6.92 Å². The third-order valence-electron chi connectivity index (χ3n) is 3.83. The van der Waals surface area contributed by atoms with E-state index in [1.165, 1.54) is 5.56 Å². The molecular formula is C13H20N6O. The van der Waals surface area contributed by atoms with Gasteiger partial charge in [0.05, 0.1) is 24.9 Å². The smallest absolute Gasteiger partial charge is 0.141 e. The number of likely N-dealkylation sites (tertiary alicyclic amines) is 1. The number of H-pyrrole nitrogens is 1. The standard InChI is InChI=1S/C13H20N6O/c1-10-6-16-19(7-10)4-3-18-8-11(20-2)5-12(18)13-14-9-15-17-13/h6-7,9,11-12H,3-5,8H2,1-2H3,(H,14,15,17)/t11-,12+/m1/s1. The first kappa shape index (κ1) is 13.3. The van der Waals surface area contributed by atoms with E-state index in [1.807, 2.05) is 10.9 Å². The Balaban J connectivity index is 1.66. The van der Waals surface area contributed by atoms with Gasteiger partial charge in [-0.15, -0.1) is 0 Å². The van der Waals surface area contributed by atoms with Gasteiger partial charge >= 0.3 is 0 Å². The molecule has 2 aromatic heterocycles. The van der Waals surface area contributed by atoms with Crippen LogP contribution in [0.1, 0.15) is 23.9 Å². The van der Waals surface area contributed by atoms with Gasteiger partial charge in [-0.3, -0.25) is 14.7 Å². The molecule has 0 radical (unpaired) electrons. The highest BCUT2D eigenvalue weighted by Gasteiger charge is 2.34. The number of aromatic amines is 1. The molecular weight excluding hydrogens is 256 g/mol. The highest BCUT2D eigenvalue weighted by Crippen LogP contribution is 2.30. The second kappa shape index (κ2) is 5.72. The number of nitrogens with zero attached hydrogens (tertiary/aromatic N) is 5. The molecule has 2 atom stereocenters. The number of hydrogen-bond acceptors (Lipinski definition) is 5.